The summed E-state index contributed by atoms with van der Waals surface area (Å²) in [7, 11) is 0. The zero-order chi connectivity index (χ0) is 9.42. The standard InChI is InChI=1S/C9H9ClN2S/c1-5(2)7-3-6-8(13-7)9(10)12-4-11-6/h3-5H,1-2H3. The SMILES string of the molecule is CC(C)c1cc2ncnc(Cl)c2s1. The Kier molecular flexibility index (Phi) is 2.22. The Bertz CT molecular complexity index is 436. The molecule has 2 aromatic heterocycles. The summed E-state index contributed by atoms with van der Waals surface area (Å²) >= 11 is 7.61. The molecule has 0 aliphatic heterocycles. The summed E-state index contributed by atoms with van der Waals surface area (Å²) < 4.78 is 0.993. The van der Waals surface area contributed by atoms with Crippen molar-refractivity contribution in [2.45, 2.75) is 19.8 Å². The highest BCUT2D eigenvalue weighted by Crippen LogP contribution is 2.32. The molecule has 2 heterocycles. The predicted octanol–water partition coefficient (Wildman–Crippen LogP) is 3.47. The van der Waals surface area contributed by atoms with Crippen LogP contribution in [0.4, 0.5) is 0 Å². The maximum Gasteiger partial charge on any atom is 0.150 e. The highest BCUT2D eigenvalue weighted by molar-refractivity contribution is 7.19. The third kappa shape index (κ3) is 1.54. The highest BCUT2D eigenvalue weighted by atomic mass is 35.5. The van der Waals surface area contributed by atoms with Gasteiger partial charge in [0.2, 0.25) is 0 Å². The summed E-state index contributed by atoms with van der Waals surface area (Å²) in [6.07, 6.45) is 1.50. The molecule has 0 unspecified atom stereocenters. The van der Waals surface area contributed by atoms with Crippen molar-refractivity contribution >= 4 is 33.2 Å². The molecule has 0 bridgehead atoms. The van der Waals surface area contributed by atoms with Crippen LogP contribution in [0.5, 0.6) is 0 Å². The zero-order valence-electron chi connectivity index (χ0n) is 7.41. The van der Waals surface area contributed by atoms with Crippen molar-refractivity contribution in [3.63, 3.8) is 0 Å². The van der Waals surface area contributed by atoms with Crippen LogP contribution in [0.1, 0.15) is 24.6 Å². The van der Waals surface area contributed by atoms with Crippen molar-refractivity contribution < 1.29 is 0 Å². The van der Waals surface area contributed by atoms with Crippen LogP contribution in [0.3, 0.4) is 0 Å². The van der Waals surface area contributed by atoms with Gasteiger partial charge in [0.25, 0.3) is 0 Å². The lowest BCUT2D eigenvalue weighted by Crippen LogP contribution is -1.78. The summed E-state index contributed by atoms with van der Waals surface area (Å²) in [5.41, 5.74) is 0.953. The predicted molar refractivity (Wildman–Crippen MR) is 56.5 cm³/mol. The largest absolute Gasteiger partial charge is 0.235 e. The first-order valence-corrected chi connectivity index (χ1v) is 5.28. The van der Waals surface area contributed by atoms with Crippen LogP contribution in [0.2, 0.25) is 5.15 Å². The quantitative estimate of drug-likeness (QED) is 0.677. The maximum atomic E-state index is 5.93. The summed E-state index contributed by atoms with van der Waals surface area (Å²) in [5.74, 6) is 0.523. The van der Waals surface area contributed by atoms with E-state index in [0.29, 0.717) is 11.1 Å². The van der Waals surface area contributed by atoms with E-state index in [1.165, 1.54) is 11.2 Å². The molecular formula is C9H9ClN2S. The molecule has 0 aliphatic carbocycles. The summed E-state index contributed by atoms with van der Waals surface area (Å²) in [5, 5.41) is 0.557. The van der Waals surface area contributed by atoms with Crippen molar-refractivity contribution in [1.82, 2.24) is 9.97 Å². The Hall–Kier alpha value is -0.670. The van der Waals surface area contributed by atoms with Crippen LogP contribution in [-0.2, 0) is 0 Å². The van der Waals surface area contributed by atoms with Crippen molar-refractivity contribution in [3.05, 3.63) is 22.4 Å². The molecule has 0 amide bonds. The average molecular weight is 213 g/mol. The van der Waals surface area contributed by atoms with Gasteiger partial charge in [0.15, 0.2) is 0 Å². The zero-order valence-corrected chi connectivity index (χ0v) is 8.99. The molecule has 0 radical (unpaired) electrons. The van der Waals surface area contributed by atoms with Crippen LogP contribution in [0, 0.1) is 0 Å². The monoisotopic (exact) mass is 212 g/mol. The fourth-order valence-electron chi connectivity index (χ4n) is 1.13. The van der Waals surface area contributed by atoms with Gasteiger partial charge in [0.1, 0.15) is 11.5 Å². The van der Waals surface area contributed by atoms with Crippen LogP contribution >= 0.6 is 22.9 Å². The van der Waals surface area contributed by atoms with Crippen molar-refractivity contribution in [3.8, 4) is 0 Å². The van der Waals surface area contributed by atoms with E-state index in [9.17, 15) is 0 Å². The van der Waals surface area contributed by atoms with Gasteiger partial charge in [-0.1, -0.05) is 25.4 Å². The lowest BCUT2D eigenvalue weighted by atomic mass is 10.2. The first-order valence-electron chi connectivity index (χ1n) is 4.08. The molecule has 68 valence electrons. The molecule has 13 heavy (non-hydrogen) atoms. The number of hydrogen-bond donors (Lipinski definition) is 0. The Morgan fingerprint density at radius 1 is 1.38 bits per heavy atom. The molecule has 0 fully saturated rings. The number of rotatable bonds is 1. The summed E-state index contributed by atoms with van der Waals surface area (Å²) in [6, 6.07) is 2.08. The van der Waals surface area contributed by atoms with E-state index >= 15 is 0 Å². The smallest absolute Gasteiger partial charge is 0.150 e. The van der Waals surface area contributed by atoms with Crippen molar-refractivity contribution in [1.29, 1.82) is 0 Å². The Morgan fingerprint density at radius 3 is 2.77 bits per heavy atom. The van der Waals surface area contributed by atoms with Crippen molar-refractivity contribution in [2.24, 2.45) is 0 Å². The van der Waals surface area contributed by atoms with Gasteiger partial charge in [-0.2, -0.15) is 0 Å². The highest BCUT2D eigenvalue weighted by Gasteiger charge is 2.08. The average Bonchev–Trinajstić information content (AvgIpc) is 2.49. The Balaban J connectivity index is 2.68. The van der Waals surface area contributed by atoms with E-state index in [2.05, 4.69) is 29.9 Å². The molecule has 0 atom stereocenters. The number of halogens is 1. The molecule has 0 saturated carbocycles. The second-order valence-electron chi connectivity index (χ2n) is 3.18. The molecule has 2 rings (SSSR count). The lowest BCUT2D eigenvalue weighted by Gasteiger charge is -1.95. The van der Waals surface area contributed by atoms with E-state index in [-0.39, 0.29) is 0 Å². The molecule has 2 aromatic rings. The Morgan fingerprint density at radius 2 is 2.15 bits per heavy atom. The van der Waals surface area contributed by atoms with Gasteiger partial charge in [-0.05, 0) is 12.0 Å². The molecule has 4 heteroatoms. The third-order valence-electron chi connectivity index (χ3n) is 1.86. The molecule has 0 N–H and O–H groups in total. The maximum absolute atomic E-state index is 5.93. The second kappa shape index (κ2) is 3.24. The fourth-order valence-corrected chi connectivity index (χ4v) is 2.38. The fraction of sp³-hybridized carbons (Fsp3) is 0.333. The number of hydrogen-bond acceptors (Lipinski definition) is 3. The number of thiophene rings is 1. The minimum absolute atomic E-state index is 0.523. The van der Waals surface area contributed by atoms with Crippen LogP contribution in [-0.4, -0.2) is 9.97 Å². The first-order chi connectivity index (χ1) is 6.18. The minimum atomic E-state index is 0.523. The van der Waals surface area contributed by atoms with Gasteiger partial charge in [-0.15, -0.1) is 11.3 Å². The lowest BCUT2D eigenvalue weighted by molar-refractivity contribution is 0.890. The van der Waals surface area contributed by atoms with E-state index in [0.717, 1.165) is 10.2 Å². The molecule has 0 aromatic carbocycles. The van der Waals surface area contributed by atoms with Crippen LogP contribution in [0.25, 0.3) is 10.2 Å². The van der Waals surface area contributed by atoms with Crippen LogP contribution < -0.4 is 0 Å². The first kappa shape index (κ1) is 8.91. The molecule has 2 nitrogen and oxygen atoms in total. The third-order valence-corrected chi connectivity index (χ3v) is 3.69. The summed E-state index contributed by atoms with van der Waals surface area (Å²) in [4.78, 5) is 9.41. The second-order valence-corrected chi connectivity index (χ2v) is 4.62. The van der Waals surface area contributed by atoms with Gasteiger partial charge in [-0.3, -0.25) is 0 Å². The summed E-state index contributed by atoms with van der Waals surface area (Å²) in [6.45, 7) is 4.32. The number of aromatic nitrogens is 2. The molecule has 0 spiro atoms. The van der Waals surface area contributed by atoms with Gasteiger partial charge in [0, 0.05) is 4.88 Å². The normalized spacial score (nSPS) is 11.4. The van der Waals surface area contributed by atoms with E-state index in [4.69, 9.17) is 11.6 Å². The van der Waals surface area contributed by atoms with Gasteiger partial charge < -0.3 is 0 Å². The number of nitrogens with zero attached hydrogens (tertiary/aromatic N) is 2. The molecule has 0 saturated heterocycles. The topological polar surface area (TPSA) is 25.8 Å². The van der Waals surface area contributed by atoms with E-state index < -0.39 is 0 Å². The van der Waals surface area contributed by atoms with E-state index in [1.54, 1.807) is 11.3 Å². The van der Waals surface area contributed by atoms with Gasteiger partial charge >= 0.3 is 0 Å². The van der Waals surface area contributed by atoms with E-state index in [1.807, 2.05) is 0 Å². The Labute approximate surface area is 85.6 Å². The van der Waals surface area contributed by atoms with Gasteiger partial charge in [0.05, 0.1) is 10.2 Å². The minimum Gasteiger partial charge on any atom is -0.235 e. The van der Waals surface area contributed by atoms with Crippen molar-refractivity contribution in [2.75, 3.05) is 0 Å². The molecular weight excluding hydrogens is 204 g/mol. The number of fused-ring (bicyclic) bond motifs is 1. The van der Waals surface area contributed by atoms with Crippen LogP contribution in [0.15, 0.2) is 12.4 Å². The van der Waals surface area contributed by atoms with Gasteiger partial charge in [-0.25, -0.2) is 9.97 Å². The molecule has 0 aliphatic rings.